The van der Waals surface area contributed by atoms with E-state index in [0.717, 1.165) is 24.3 Å². The molecule has 0 aliphatic carbocycles. The molecule has 0 atom stereocenters. The molecule has 0 spiro atoms. The first-order chi connectivity index (χ1) is 13.0. The molecule has 3 rings (SSSR count). The van der Waals surface area contributed by atoms with Crippen molar-refractivity contribution in [1.82, 2.24) is 0 Å². The molecule has 1 heterocycles. The first-order valence-corrected chi connectivity index (χ1v) is 9.56. The van der Waals surface area contributed by atoms with Crippen LogP contribution in [0.15, 0.2) is 48.5 Å². The number of nitrogens with one attached hydrogen (secondary N) is 2. The van der Waals surface area contributed by atoms with E-state index >= 15 is 0 Å². The lowest BCUT2D eigenvalue weighted by Gasteiger charge is -2.17. The van der Waals surface area contributed by atoms with Crippen LogP contribution in [0.5, 0.6) is 0 Å². The Labute approximate surface area is 160 Å². The summed E-state index contributed by atoms with van der Waals surface area (Å²) >= 11 is 0. The number of anilines is 3. The van der Waals surface area contributed by atoms with E-state index < -0.39 is 0 Å². The average Bonchev–Trinajstić information content (AvgIpc) is 3.17. The van der Waals surface area contributed by atoms with Crippen molar-refractivity contribution >= 4 is 28.9 Å². The molecule has 0 aromatic heterocycles. The Morgan fingerprint density at radius 2 is 1.56 bits per heavy atom. The van der Waals surface area contributed by atoms with Crippen LogP contribution in [0.3, 0.4) is 0 Å². The van der Waals surface area contributed by atoms with E-state index in [4.69, 9.17) is 0 Å². The Kier molecular flexibility index (Phi) is 6.12. The van der Waals surface area contributed by atoms with E-state index in [1.165, 1.54) is 18.5 Å². The number of carbonyl (C=O) groups excluding carboxylic acids is 2. The van der Waals surface area contributed by atoms with Crippen LogP contribution in [0.1, 0.15) is 44.6 Å². The predicted molar refractivity (Wildman–Crippen MR) is 110 cm³/mol. The average molecular weight is 365 g/mol. The number of carbonyl (C=O) groups is 2. The summed E-state index contributed by atoms with van der Waals surface area (Å²) in [7, 11) is 0. The van der Waals surface area contributed by atoms with E-state index in [1.54, 1.807) is 0 Å². The Morgan fingerprint density at radius 3 is 2.22 bits per heavy atom. The van der Waals surface area contributed by atoms with Crippen molar-refractivity contribution in [3.63, 3.8) is 0 Å². The third-order valence-electron chi connectivity index (χ3n) is 4.80. The van der Waals surface area contributed by atoms with Gasteiger partial charge in [0.15, 0.2) is 0 Å². The summed E-state index contributed by atoms with van der Waals surface area (Å²) in [6.45, 7) is 6.32. The van der Waals surface area contributed by atoms with Gasteiger partial charge in [0.2, 0.25) is 11.8 Å². The van der Waals surface area contributed by atoms with E-state index in [9.17, 15) is 9.59 Å². The zero-order valence-corrected chi connectivity index (χ0v) is 16.0. The molecule has 1 saturated heterocycles. The maximum absolute atomic E-state index is 12.2. The van der Waals surface area contributed by atoms with Gasteiger partial charge < -0.3 is 15.5 Å². The van der Waals surface area contributed by atoms with Gasteiger partial charge in [-0.3, -0.25) is 9.59 Å². The molecule has 0 saturated carbocycles. The summed E-state index contributed by atoms with van der Waals surface area (Å²) in [5, 5.41) is 5.64. The molecule has 27 heavy (non-hydrogen) atoms. The number of nitrogens with zero attached hydrogens (tertiary/aromatic N) is 1. The number of hydrogen-bond acceptors (Lipinski definition) is 3. The van der Waals surface area contributed by atoms with Crippen molar-refractivity contribution in [3.05, 3.63) is 54.1 Å². The van der Waals surface area contributed by atoms with Crippen molar-refractivity contribution in [2.24, 2.45) is 0 Å². The predicted octanol–water partition coefficient (Wildman–Crippen LogP) is 4.38. The Bertz CT molecular complexity index is 793. The molecule has 1 aliphatic rings. The number of hydrogen-bond donors (Lipinski definition) is 2. The highest BCUT2D eigenvalue weighted by atomic mass is 16.2. The van der Waals surface area contributed by atoms with Gasteiger partial charge in [-0.25, -0.2) is 0 Å². The molecule has 5 heteroatoms. The van der Waals surface area contributed by atoms with Crippen LogP contribution in [0, 0.1) is 0 Å². The molecule has 0 bridgehead atoms. The highest BCUT2D eigenvalue weighted by Crippen LogP contribution is 2.24. The molecule has 142 valence electrons. The summed E-state index contributed by atoms with van der Waals surface area (Å²) < 4.78 is 0. The second-order valence-corrected chi connectivity index (χ2v) is 7.26. The van der Waals surface area contributed by atoms with E-state index in [1.807, 2.05) is 48.5 Å². The molecular formula is C22H27N3O2. The van der Waals surface area contributed by atoms with Crippen molar-refractivity contribution in [3.8, 4) is 0 Å². The van der Waals surface area contributed by atoms with Gasteiger partial charge in [-0.1, -0.05) is 32.0 Å². The van der Waals surface area contributed by atoms with Gasteiger partial charge in [-0.15, -0.1) is 0 Å². The van der Waals surface area contributed by atoms with Crippen molar-refractivity contribution in [1.29, 1.82) is 0 Å². The Morgan fingerprint density at radius 1 is 0.926 bits per heavy atom. The standard InChI is InChI=1S/C22H27N3O2/c1-16(2)19-7-3-4-8-20(19)24-22(27)15-21(26)23-17-9-11-18(12-10-17)25-13-5-6-14-25/h3-4,7-12,16H,5-6,13-15H2,1-2H3,(H,23,26)(H,24,27). The van der Waals surface area contributed by atoms with Crippen LogP contribution in [0.4, 0.5) is 17.1 Å². The molecule has 1 aliphatic heterocycles. The van der Waals surface area contributed by atoms with E-state index in [0.29, 0.717) is 11.6 Å². The third-order valence-corrected chi connectivity index (χ3v) is 4.80. The number of rotatable bonds is 6. The van der Waals surface area contributed by atoms with Gasteiger partial charge in [0.25, 0.3) is 0 Å². The molecule has 2 aromatic carbocycles. The summed E-state index contributed by atoms with van der Waals surface area (Å²) in [5.74, 6) is -0.331. The molecule has 2 aromatic rings. The fourth-order valence-electron chi connectivity index (χ4n) is 3.39. The number of amides is 2. The van der Waals surface area contributed by atoms with Crippen molar-refractivity contribution in [2.75, 3.05) is 28.6 Å². The van der Waals surface area contributed by atoms with Crippen LogP contribution in [-0.2, 0) is 9.59 Å². The van der Waals surface area contributed by atoms with Gasteiger partial charge in [-0.2, -0.15) is 0 Å². The van der Waals surface area contributed by atoms with Gasteiger partial charge in [0.05, 0.1) is 0 Å². The molecule has 1 fully saturated rings. The normalized spacial score (nSPS) is 13.7. The number of benzene rings is 2. The molecule has 0 unspecified atom stereocenters. The second-order valence-electron chi connectivity index (χ2n) is 7.26. The van der Waals surface area contributed by atoms with Crippen LogP contribution >= 0.6 is 0 Å². The zero-order chi connectivity index (χ0) is 19.2. The lowest BCUT2D eigenvalue weighted by Crippen LogP contribution is -2.22. The third kappa shape index (κ3) is 5.09. The minimum atomic E-state index is -0.316. The largest absolute Gasteiger partial charge is 0.372 e. The van der Waals surface area contributed by atoms with E-state index in [2.05, 4.69) is 29.4 Å². The molecule has 2 amide bonds. The maximum Gasteiger partial charge on any atom is 0.233 e. The van der Waals surface area contributed by atoms with Crippen molar-refractivity contribution < 1.29 is 9.59 Å². The first kappa shape index (κ1) is 19.0. The molecule has 2 N–H and O–H groups in total. The van der Waals surface area contributed by atoms with Crippen LogP contribution in [0.25, 0.3) is 0 Å². The number of para-hydroxylation sites is 1. The topological polar surface area (TPSA) is 61.4 Å². The molecular weight excluding hydrogens is 338 g/mol. The lowest BCUT2D eigenvalue weighted by atomic mass is 10.0. The quantitative estimate of drug-likeness (QED) is 0.747. The Hall–Kier alpha value is -2.82. The highest BCUT2D eigenvalue weighted by molar-refractivity contribution is 6.08. The monoisotopic (exact) mass is 365 g/mol. The fourth-order valence-corrected chi connectivity index (χ4v) is 3.39. The molecule has 0 radical (unpaired) electrons. The zero-order valence-electron chi connectivity index (χ0n) is 16.0. The SMILES string of the molecule is CC(C)c1ccccc1NC(=O)CC(=O)Nc1ccc(N2CCCC2)cc1. The lowest BCUT2D eigenvalue weighted by molar-refractivity contribution is -0.123. The van der Waals surface area contributed by atoms with Gasteiger partial charge in [0.1, 0.15) is 6.42 Å². The summed E-state index contributed by atoms with van der Waals surface area (Å²) in [4.78, 5) is 26.8. The second kappa shape index (κ2) is 8.71. The minimum Gasteiger partial charge on any atom is -0.372 e. The summed E-state index contributed by atoms with van der Waals surface area (Å²) in [5.41, 5.74) is 3.70. The van der Waals surface area contributed by atoms with E-state index in [-0.39, 0.29) is 18.2 Å². The van der Waals surface area contributed by atoms with Gasteiger partial charge in [0, 0.05) is 30.2 Å². The summed E-state index contributed by atoms with van der Waals surface area (Å²) in [6.07, 6.45) is 2.25. The highest BCUT2D eigenvalue weighted by Gasteiger charge is 2.14. The van der Waals surface area contributed by atoms with Gasteiger partial charge >= 0.3 is 0 Å². The van der Waals surface area contributed by atoms with Crippen molar-refractivity contribution in [2.45, 2.75) is 39.0 Å². The Balaban J connectivity index is 1.53. The van der Waals surface area contributed by atoms with Crippen LogP contribution in [-0.4, -0.2) is 24.9 Å². The maximum atomic E-state index is 12.2. The smallest absolute Gasteiger partial charge is 0.233 e. The van der Waals surface area contributed by atoms with Gasteiger partial charge in [-0.05, 0) is 54.7 Å². The van der Waals surface area contributed by atoms with Crippen LogP contribution in [0.2, 0.25) is 0 Å². The fraction of sp³-hybridized carbons (Fsp3) is 0.364. The minimum absolute atomic E-state index is 0.208. The van der Waals surface area contributed by atoms with Crippen LogP contribution < -0.4 is 15.5 Å². The summed E-state index contributed by atoms with van der Waals surface area (Å²) in [6, 6.07) is 15.5. The first-order valence-electron chi connectivity index (χ1n) is 9.56. The molecule has 5 nitrogen and oxygen atoms in total.